The smallest absolute Gasteiger partial charge is 0.231 e. The molecule has 25 heavy (non-hydrogen) atoms. The summed E-state index contributed by atoms with van der Waals surface area (Å²) in [6.45, 7) is 2.09. The maximum Gasteiger partial charge on any atom is 0.231 e. The van der Waals surface area contributed by atoms with Gasteiger partial charge in [-0.15, -0.1) is 0 Å². The summed E-state index contributed by atoms with van der Waals surface area (Å²) >= 11 is 0. The van der Waals surface area contributed by atoms with Crippen LogP contribution in [0.3, 0.4) is 0 Å². The number of hydrogen-bond donors (Lipinski definition) is 0. The molecule has 3 aromatic rings. The molecule has 0 aliphatic carbocycles. The van der Waals surface area contributed by atoms with Crippen molar-refractivity contribution < 1.29 is 4.79 Å². The molecule has 1 aromatic carbocycles. The lowest BCUT2D eigenvalue weighted by molar-refractivity contribution is 0.102. The molecular formula is C19H19N5O. The van der Waals surface area contributed by atoms with Gasteiger partial charge in [-0.05, 0) is 30.2 Å². The number of carbonyl (C=O) groups is 1. The summed E-state index contributed by atoms with van der Waals surface area (Å²) in [5.41, 5.74) is 2.50. The fraction of sp³-hybridized carbons (Fsp3) is 0.211. The van der Waals surface area contributed by atoms with Crippen LogP contribution in [-0.2, 0) is 6.42 Å². The third-order valence-electron chi connectivity index (χ3n) is 3.74. The predicted octanol–water partition coefficient (Wildman–Crippen LogP) is 2.79. The zero-order valence-corrected chi connectivity index (χ0v) is 14.5. The molecule has 0 atom stereocenters. The SMILES string of the molecule is CCc1cccc(-c2nc(C(=O)c3cccnc3)nc(N(C)C)n2)c1. The number of aryl methyl sites for hydroxylation is 1. The predicted molar refractivity (Wildman–Crippen MR) is 96.6 cm³/mol. The van der Waals surface area contributed by atoms with E-state index in [9.17, 15) is 4.79 Å². The van der Waals surface area contributed by atoms with E-state index in [-0.39, 0.29) is 11.6 Å². The van der Waals surface area contributed by atoms with Gasteiger partial charge in [0.05, 0.1) is 0 Å². The van der Waals surface area contributed by atoms with Crippen LogP contribution in [0.1, 0.15) is 28.7 Å². The van der Waals surface area contributed by atoms with E-state index in [1.54, 1.807) is 23.2 Å². The highest BCUT2D eigenvalue weighted by molar-refractivity contribution is 6.06. The Morgan fingerprint density at radius 3 is 2.60 bits per heavy atom. The van der Waals surface area contributed by atoms with Crippen molar-refractivity contribution in [3.05, 3.63) is 65.7 Å². The minimum Gasteiger partial charge on any atom is -0.347 e. The van der Waals surface area contributed by atoms with Gasteiger partial charge in [-0.2, -0.15) is 9.97 Å². The number of hydrogen-bond acceptors (Lipinski definition) is 6. The first-order valence-electron chi connectivity index (χ1n) is 8.06. The Kier molecular flexibility index (Phi) is 4.79. The quantitative estimate of drug-likeness (QED) is 0.669. The highest BCUT2D eigenvalue weighted by Crippen LogP contribution is 2.20. The number of benzene rings is 1. The molecule has 126 valence electrons. The molecule has 0 aliphatic heterocycles. The van der Waals surface area contributed by atoms with E-state index in [1.165, 1.54) is 11.8 Å². The van der Waals surface area contributed by atoms with Crippen molar-refractivity contribution in [2.75, 3.05) is 19.0 Å². The van der Waals surface area contributed by atoms with Crippen LogP contribution in [0.5, 0.6) is 0 Å². The van der Waals surface area contributed by atoms with Gasteiger partial charge in [0.1, 0.15) is 0 Å². The second kappa shape index (κ2) is 7.17. The highest BCUT2D eigenvalue weighted by atomic mass is 16.1. The van der Waals surface area contributed by atoms with Crippen LogP contribution in [0.25, 0.3) is 11.4 Å². The molecule has 0 N–H and O–H groups in total. The maximum absolute atomic E-state index is 12.7. The van der Waals surface area contributed by atoms with Crippen molar-refractivity contribution in [2.24, 2.45) is 0 Å². The van der Waals surface area contributed by atoms with Gasteiger partial charge in [-0.1, -0.05) is 25.1 Å². The van der Waals surface area contributed by atoms with Gasteiger partial charge in [0, 0.05) is 37.6 Å². The average Bonchev–Trinajstić information content (AvgIpc) is 2.67. The first-order chi connectivity index (χ1) is 12.1. The summed E-state index contributed by atoms with van der Waals surface area (Å²) in [5, 5.41) is 0. The van der Waals surface area contributed by atoms with Gasteiger partial charge < -0.3 is 4.90 Å². The van der Waals surface area contributed by atoms with E-state index >= 15 is 0 Å². The molecule has 0 aliphatic rings. The largest absolute Gasteiger partial charge is 0.347 e. The Balaban J connectivity index is 2.10. The highest BCUT2D eigenvalue weighted by Gasteiger charge is 2.17. The van der Waals surface area contributed by atoms with Crippen LogP contribution in [-0.4, -0.2) is 39.8 Å². The van der Waals surface area contributed by atoms with E-state index in [4.69, 9.17) is 0 Å². The van der Waals surface area contributed by atoms with E-state index in [0.717, 1.165) is 12.0 Å². The summed E-state index contributed by atoms with van der Waals surface area (Å²) in [4.78, 5) is 31.7. The van der Waals surface area contributed by atoms with E-state index in [2.05, 4.69) is 32.9 Å². The summed E-state index contributed by atoms with van der Waals surface area (Å²) in [6, 6.07) is 11.4. The second-order valence-corrected chi connectivity index (χ2v) is 5.80. The van der Waals surface area contributed by atoms with Crippen molar-refractivity contribution >= 4 is 11.7 Å². The van der Waals surface area contributed by atoms with Gasteiger partial charge in [-0.3, -0.25) is 9.78 Å². The first kappa shape index (κ1) is 16.7. The molecule has 0 spiro atoms. The van der Waals surface area contributed by atoms with Crippen LogP contribution in [0.15, 0.2) is 48.8 Å². The van der Waals surface area contributed by atoms with Gasteiger partial charge in [-0.25, -0.2) is 4.98 Å². The zero-order chi connectivity index (χ0) is 17.8. The van der Waals surface area contributed by atoms with Crippen LogP contribution < -0.4 is 4.90 Å². The molecular weight excluding hydrogens is 314 g/mol. The number of rotatable bonds is 5. The summed E-state index contributed by atoms with van der Waals surface area (Å²) < 4.78 is 0. The van der Waals surface area contributed by atoms with E-state index in [0.29, 0.717) is 17.3 Å². The summed E-state index contributed by atoms with van der Waals surface area (Å²) in [7, 11) is 3.67. The fourth-order valence-corrected chi connectivity index (χ4v) is 2.35. The lowest BCUT2D eigenvalue weighted by Gasteiger charge is -2.13. The third kappa shape index (κ3) is 3.68. The molecule has 3 rings (SSSR count). The number of aromatic nitrogens is 4. The van der Waals surface area contributed by atoms with Gasteiger partial charge in [0.2, 0.25) is 17.6 Å². The molecule has 6 heteroatoms. The van der Waals surface area contributed by atoms with Crippen LogP contribution in [0, 0.1) is 0 Å². The number of nitrogens with zero attached hydrogens (tertiary/aromatic N) is 5. The zero-order valence-electron chi connectivity index (χ0n) is 14.5. The number of anilines is 1. The Labute approximate surface area is 146 Å². The summed E-state index contributed by atoms with van der Waals surface area (Å²) in [6.07, 6.45) is 4.05. The van der Waals surface area contributed by atoms with Crippen molar-refractivity contribution in [3.8, 4) is 11.4 Å². The molecule has 0 bridgehead atoms. The molecule has 0 radical (unpaired) electrons. The average molecular weight is 333 g/mol. The van der Waals surface area contributed by atoms with Crippen molar-refractivity contribution in [1.29, 1.82) is 0 Å². The van der Waals surface area contributed by atoms with Crippen molar-refractivity contribution in [3.63, 3.8) is 0 Å². The summed E-state index contributed by atoms with van der Waals surface area (Å²) in [5.74, 6) is 0.774. The number of carbonyl (C=O) groups excluding carboxylic acids is 1. The van der Waals surface area contributed by atoms with E-state index in [1.807, 2.05) is 32.3 Å². The van der Waals surface area contributed by atoms with Crippen molar-refractivity contribution in [2.45, 2.75) is 13.3 Å². The maximum atomic E-state index is 12.7. The van der Waals surface area contributed by atoms with E-state index < -0.39 is 0 Å². The third-order valence-corrected chi connectivity index (χ3v) is 3.74. The fourth-order valence-electron chi connectivity index (χ4n) is 2.35. The van der Waals surface area contributed by atoms with Crippen LogP contribution in [0.2, 0.25) is 0 Å². The standard InChI is InChI=1S/C19H19N5O/c1-4-13-7-5-8-14(11-13)17-21-18(23-19(22-17)24(2)3)16(25)15-9-6-10-20-12-15/h5-12H,4H2,1-3H3. The van der Waals surface area contributed by atoms with Crippen LogP contribution >= 0.6 is 0 Å². The van der Waals surface area contributed by atoms with Crippen molar-refractivity contribution in [1.82, 2.24) is 19.9 Å². The molecule has 0 saturated carbocycles. The van der Waals surface area contributed by atoms with Gasteiger partial charge >= 0.3 is 0 Å². The Morgan fingerprint density at radius 2 is 1.92 bits per heavy atom. The Morgan fingerprint density at radius 1 is 1.08 bits per heavy atom. The molecule has 0 saturated heterocycles. The second-order valence-electron chi connectivity index (χ2n) is 5.80. The molecule has 2 heterocycles. The lowest BCUT2D eigenvalue weighted by atomic mass is 10.1. The van der Waals surface area contributed by atoms with Crippen LogP contribution in [0.4, 0.5) is 5.95 Å². The minimum absolute atomic E-state index is 0.114. The molecule has 0 unspecified atom stereocenters. The normalized spacial score (nSPS) is 10.5. The molecule has 6 nitrogen and oxygen atoms in total. The van der Waals surface area contributed by atoms with Gasteiger partial charge in [0.15, 0.2) is 5.82 Å². The first-order valence-corrected chi connectivity index (χ1v) is 8.06. The number of pyridine rings is 1. The topological polar surface area (TPSA) is 71.9 Å². The lowest BCUT2D eigenvalue weighted by Crippen LogP contribution is -2.18. The van der Waals surface area contributed by atoms with Gasteiger partial charge in [0.25, 0.3) is 0 Å². The number of ketones is 1. The Bertz CT molecular complexity index is 893. The molecule has 0 amide bonds. The molecule has 0 fully saturated rings. The minimum atomic E-state index is -0.272. The Hall–Kier alpha value is -3.15. The molecule has 2 aromatic heterocycles. The monoisotopic (exact) mass is 333 g/mol.